The maximum absolute atomic E-state index is 11.4. The van der Waals surface area contributed by atoms with Crippen molar-refractivity contribution in [2.24, 2.45) is 0 Å². The molecule has 0 saturated carbocycles. The van der Waals surface area contributed by atoms with Crippen LogP contribution in [0, 0.1) is 18.3 Å². The lowest BCUT2D eigenvalue weighted by atomic mass is 10.2. The summed E-state index contributed by atoms with van der Waals surface area (Å²) in [4.78, 5) is 11.4. The number of nitriles is 1. The van der Waals surface area contributed by atoms with Crippen LogP contribution < -0.4 is 10.1 Å². The third-order valence-corrected chi connectivity index (χ3v) is 2.09. The molecule has 1 aromatic rings. The predicted octanol–water partition coefficient (Wildman–Crippen LogP) is 2.25. The zero-order chi connectivity index (χ0) is 12.0. The molecule has 0 heterocycles. The number of methoxy groups -OCH3 is 1. The number of carbonyl (C=O) groups is 1. The minimum absolute atomic E-state index is 0.176. The highest BCUT2D eigenvalue weighted by atomic mass is 16.5. The van der Waals surface area contributed by atoms with Crippen LogP contribution in [0.5, 0.6) is 5.75 Å². The molecule has 0 fully saturated rings. The fourth-order valence-corrected chi connectivity index (χ4v) is 1.30. The van der Waals surface area contributed by atoms with Gasteiger partial charge in [-0.1, -0.05) is 6.07 Å². The van der Waals surface area contributed by atoms with Crippen molar-refractivity contribution >= 4 is 11.6 Å². The molecule has 0 aliphatic carbocycles. The first-order valence-corrected chi connectivity index (χ1v) is 4.99. The molecular formula is C12H14N2O2. The average molecular weight is 218 g/mol. The van der Waals surface area contributed by atoms with E-state index in [4.69, 9.17) is 10.00 Å². The highest BCUT2D eigenvalue weighted by molar-refractivity contribution is 5.92. The highest BCUT2D eigenvalue weighted by Gasteiger charge is 2.07. The Morgan fingerprint density at radius 1 is 1.56 bits per heavy atom. The lowest BCUT2D eigenvalue weighted by Gasteiger charge is -2.10. The fraction of sp³-hybridized carbons (Fsp3) is 0.333. The Balaban J connectivity index is 2.76. The Labute approximate surface area is 94.8 Å². The first-order chi connectivity index (χ1) is 7.67. The summed E-state index contributed by atoms with van der Waals surface area (Å²) < 4.78 is 5.13. The van der Waals surface area contributed by atoms with Gasteiger partial charge in [0.05, 0.1) is 18.9 Å². The number of carbonyl (C=O) groups excluding carboxylic acids is 1. The van der Waals surface area contributed by atoms with Crippen LogP contribution in [0.25, 0.3) is 0 Å². The molecule has 1 rings (SSSR count). The summed E-state index contributed by atoms with van der Waals surface area (Å²) in [6.45, 7) is 1.93. The van der Waals surface area contributed by atoms with E-state index in [-0.39, 0.29) is 18.7 Å². The molecule has 4 nitrogen and oxygen atoms in total. The number of nitrogens with one attached hydrogen (secondary N) is 1. The van der Waals surface area contributed by atoms with Crippen molar-refractivity contribution < 1.29 is 9.53 Å². The molecule has 0 aliphatic rings. The highest BCUT2D eigenvalue weighted by Crippen LogP contribution is 2.25. The zero-order valence-corrected chi connectivity index (χ0v) is 9.41. The van der Waals surface area contributed by atoms with E-state index in [9.17, 15) is 4.79 Å². The third kappa shape index (κ3) is 3.28. The first kappa shape index (κ1) is 12.1. The lowest BCUT2D eigenvalue weighted by molar-refractivity contribution is -0.116. The summed E-state index contributed by atoms with van der Waals surface area (Å²) in [6.07, 6.45) is 0.424. The van der Waals surface area contributed by atoms with Crippen LogP contribution in [0.2, 0.25) is 0 Å². The number of nitrogens with zero attached hydrogens (tertiary/aromatic N) is 1. The van der Waals surface area contributed by atoms with Crippen molar-refractivity contribution in [1.29, 1.82) is 5.26 Å². The van der Waals surface area contributed by atoms with Gasteiger partial charge in [0.25, 0.3) is 0 Å². The second kappa shape index (κ2) is 5.76. The van der Waals surface area contributed by atoms with E-state index in [1.807, 2.05) is 25.1 Å². The fourth-order valence-electron chi connectivity index (χ4n) is 1.30. The SMILES string of the molecule is COc1ccc(C)cc1NC(=O)CCC#N. The van der Waals surface area contributed by atoms with Gasteiger partial charge in [0.1, 0.15) is 5.75 Å². The van der Waals surface area contributed by atoms with Gasteiger partial charge in [-0.25, -0.2) is 0 Å². The van der Waals surface area contributed by atoms with Crippen LogP contribution in [-0.2, 0) is 4.79 Å². The molecule has 0 atom stereocenters. The van der Waals surface area contributed by atoms with Crippen molar-refractivity contribution in [2.75, 3.05) is 12.4 Å². The predicted molar refractivity (Wildman–Crippen MR) is 61.2 cm³/mol. The minimum Gasteiger partial charge on any atom is -0.495 e. The molecule has 0 aromatic heterocycles. The maximum atomic E-state index is 11.4. The third-order valence-electron chi connectivity index (χ3n) is 2.09. The van der Waals surface area contributed by atoms with E-state index in [0.717, 1.165) is 5.56 Å². The number of hydrogen-bond donors (Lipinski definition) is 1. The van der Waals surface area contributed by atoms with Crippen molar-refractivity contribution in [3.63, 3.8) is 0 Å². The second-order valence-corrected chi connectivity index (χ2v) is 3.41. The Morgan fingerprint density at radius 3 is 2.94 bits per heavy atom. The molecule has 16 heavy (non-hydrogen) atoms. The van der Waals surface area contributed by atoms with Crippen LogP contribution in [0.4, 0.5) is 5.69 Å². The van der Waals surface area contributed by atoms with Gasteiger partial charge in [0, 0.05) is 12.8 Å². The van der Waals surface area contributed by atoms with E-state index in [2.05, 4.69) is 5.32 Å². The van der Waals surface area contributed by atoms with Gasteiger partial charge in [-0.2, -0.15) is 5.26 Å². The Morgan fingerprint density at radius 2 is 2.31 bits per heavy atom. The normalized spacial score (nSPS) is 9.31. The molecule has 0 unspecified atom stereocenters. The Kier molecular flexibility index (Phi) is 4.34. The summed E-state index contributed by atoms with van der Waals surface area (Å²) in [5.74, 6) is 0.446. The van der Waals surface area contributed by atoms with E-state index in [1.54, 1.807) is 13.2 Å². The smallest absolute Gasteiger partial charge is 0.225 e. The van der Waals surface area contributed by atoms with Crippen LogP contribution in [0.1, 0.15) is 18.4 Å². The number of benzene rings is 1. The first-order valence-electron chi connectivity index (χ1n) is 4.99. The van der Waals surface area contributed by atoms with Gasteiger partial charge in [-0.15, -0.1) is 0 Å². The van der Waals surface area contributed by atoms with Crippen LogP contribution in [-0.4, -0.2) is 13.0 Å². The Bertz CT molecular complexity index is 422. The van der Waals surface area contributed by atoms with Crippen molar-refractivity contribution in [2.45, 2.75) is 19.8 Å². The van der Waals surface area contributed by atoms with E-state index < -0.39 is 0 Å². The summed E-state index contributed by atoms with van der Waals surface area (Å²) >= 11 is 0. The second-order valence-electron chi connectivity index (χ2n) is 3.41. The molecule has 84 valence electrons. The summed E-state index contributed by atoms with van der Waals surface area (Å²) in [6, 6.07) is 7.48. The van der Waals surface area contributed by atoms with E-state index >= 15 is 0 Å². The van der Waals surface area contributed by atoms with Gasteiger partial charge < -0.3 is 10.1 Å². The van der Waals surface area contributed by atoms with Gasteiger partial charge in [0.15, 0.2) is 0 Å². The van der Waals surface area contributed by atoms with Crippen molar-refractivity contribution in [3.05, 3.63) is 23.8 Å². The van der Waals surface area contributed by atoms with Gasteiger partial charge >= 0.3 is 0 Å². The largest absolute Gasteiger partial charge is 0.495 e. The molecule has 1 aromatic carbocycles. The summed E-state index contributed by atoms with van der Waals surface area (Å²) in [5.41, 5.74) is 1.68. The molecule has 0 aliphatic heterocycles. The molecule has 0 saturated heterocycles. The number of anilines is 1. The van der Waals surface area contributed by atoms with Gasteiger partial charge in [-0.3, -0.25) is 4.79 Å². The topological polar surface area (TPSA) is 62.1 Å². The molecular weight excluding hydrogens is 204 g/mol. The molecule has 1 amide bonds. The monoisotopic (exact) mass is 218 g/mol. The number of hydrogen-bond acceptors (Lipinski definition) is 3. The van der Waals surface area contributed by atoms with E-state index in [1.165, 1.54) is 0 Å². The van der Waals surface area contributed by atoms with E-state index in [0.29, 0.717) is 11.4 Å². The number of ether oxygens (including phenoxy) is 1. The molecule has 1 N–H and O–H groups in total. The van der Waals surface area contributed by atoms with Gasteiger partial charge in [-0.05, 0) is 24.6 Å². The van der Waals surface area contributed by atoms with Crippen LogP contribution in [0.15, 0.2) is 18.2 Å². The molecule has 0 spiro atoms. The number of amides is 1. The molecule has 0 radical (unpaired) electrons. The average Bonchev–Trinajstić information content (AvgIpc) is 2.27. The van der Waals surface area contributed by atoms with Crippen molar-refractivity contribution in [3.8, 4) is 11.8 Å². The minimum atomic E-state index is -0.176. The lowest BCUT2D eigenvalue weighted by Crippen LogP contribution is -2.11. The summed E-state index contributed by atoms with van der Waals surface area (Å²) in [7, 11) is 1.55. The number of aryl methyl sites for hydroxylation is 1. The van der Waals surface area contributed by atoms with Crippen LogP contribution in [0.3, 0.4) is 0 Å². The molecule has 0 bridgehead atoms. The quantitative estimate of drug-likeness (QED) is 0.843. The van der Waals surface area contributed by atoms with Gasteiger partial charge in [0.2, 0.25) is 5.91 Å². The number of rotatable bonds is 4. The van der Waals surface area contributed by atoms with Crippen molar-refractivity contribution in [1.82, 2.24) is 0 Å². The maximum Gasteiger partial charge on any atom is 0.225 e. The molecule has 4 heteroatoms. The summed E-state index contributed by atoms with van der Waals surface area (Å²) in [5, 5.41) is 11.1. The zero-order valence-electron chi connectivity index (χ0n) is 9.41. The van der Waals surface area contributed by atoms with Crippen LogP contribution >= 0.6 is 0 Å². The standard InChI is InChI=1S/C12H14N2O2/c1-9-5-6-11(16-2)10(8-9)14-12(15)4-3-7-13/h5-6,8H,3-4H2,1-2H3,(H,14,15). The Hall–Kier alpha value is -2.02.